The third kappa shape index (κ3) is 5.44. The number of amides is 2. The first-order valence-electron chi connectivity index (χ1n) is 9.67. The number of aliphatic carboxylic acids is 1. The standard InChI is InChI=1S/C23H28N2O4/c1-4-23(2,3)25(19(22(28)29)14-15-20(24)26)21(27)18-12-10-17(11-13-18)16-8-6-5-7-9-16/h5-13,19H,4,14-15H2,1-3H3,(H2,24,26)(H,28,29)/t19-/m0/s1. The third-order valence-corrected chi connectivity index (χ3v) is 5.24. The van der Waals surface area contributed by atoms with Gasteiger partial charge in [0.15, 0.2) is 0 Å². The van der Waals surface area contributed by atoms with Crippen molar-refractivity contribution in [1.29, 1.82) is 0 Å². The number of primary amides is 1. The van der Waals surface area contributed by atoms with Crippen LogP contribution >= 0.6 is 0 Å². The van der Waals surface area contributed by atoms with Crippen LogP contribution in [0.4, 0.5) is 0 Å². The van der Waals surface area contributed by atoms with E-state index in [4.69, 9.17) is 5.73 Å². The lowest BCUT2D eigenvalue weighted by Crippen LogP contribution is -2.56. The summed E-state index contributed by atoms with van der Waals surface area (Å²) < 4.78 is 0. The molecule has 6 nitrogen and oxygen atoms in total. The molecule has 29 heavy (non-hydrogen) atoms. The predicted octanol–water partition coefficient (Wildman–Crippen LogP) is 3.70. The number of rotatable bonds is 9. The molecule has 2 aromatic rings. The summed E-state index contributed by atoms with van der Waals surface area (Å²) in [4.78, 5) is 37.9. The number of carboxylic acids is 1. The highest BCUT2D eigenvalue weighted by Gasteiger charge is 2.39. The van der Waals surface area contributed by atoms with Crippen LogP contribution < -0.4 is 5.73 Å². The monoisotopic (exact) mass is 396 g/mol. The fraction of sp³-hybridized carbons (Fsp3) is 0.348. The Hall–Kier alpha value is -3.15. The molecule has 154 valence electrons. The lowest BCUT2D eigenvalue weighted by molar-refractivity contribution is -0.144. The second-order valence-corrected chi connectivity index (χ2v) is 7.64. The van der Waals surface area contributed by atoms with Gasteiger partial charge in [0.05, 0.1) is 0 Å². The largest absolute Gasteiger partial charge is 0.480 e. The van der Waals surface area contributed by atoms with Crippen molar-refractivity contribution in [2.75, 3.05) is 0 Å². The van der Waals surface area contributed by atoms with E-state index in [9.17, 15) is 19.5 Å². The molecule has 2 amide bonds. The van der Waals surface area contributed by atoms with Crippen LogP contribution in [-0.2, 0) is 9.59 Å². The van der Waals surface area contributed by atoms with Crippen LogP contribution in [-0.4, -0.2) is 39.4 Å². The number of benzene rings is 2. The van der Waals surface area contributed by atoms with E-state index in [-0.39, 0.29) is 18.7 Å². The molecule has 0 saturated carbocycles. The molecule has 0 unspecified atom stereocenters. The Morgan fingerprint density at radius 2 is 1.55 bits per heavy atom. The molecular weight excluding hydrogens is 368 g/mol. The van der Waals surface area contributed by atoms with Gasteiger partial charge in [-0.05, 0) is 49.9 Å². The first kappa shape index (κ1) is 22.1. The number of carboxylic acid groups (broad SMARTS) is 1. The van der Waals surface area contributed by atoms with Crippen molar-refractivity contribution in [3.63, 3.8) is 0 Å². The summed E-state index contributed by atoms with van der Waals surface area (Å²) in [6.07, 6.45) is 0.427. The Labute approximate surface area is 171 Å². The van der Waals surface area contributed by atoms with Crippen molar-refractivity contribution in [2.45, 2.75) is 51.6 Å². The molecule has 0 heterocycles. The van der Waals surface area contributed by atoms with Crippen molar-refractivity contribution in [3.8, 4) is 11.1 Å². The first-order chi connectivity index (χ1) is 13.7. The predicted molar refractivity (Wildman–Crippen MR) is 112 cm³/mol. The smallest absolute Gasteiger partial charge is 0.326 e. The van der Waals surface area contributed by atoms with E-state index < -0.39 is 23.5 Å². The zero-order valence-electron chi connectivity index (χ0n) is 17.1. The van der Waals surface area contributed by atoms with Crippen LogP contribution in [0.2, 0.25) is 0 Å². The van der Waals surface area contributed by atoms with E-state index in [1.807, 2.05) is 63.2 Å². The molecule has 1 atom stereocenters. The topological polar surface area (TPSA) is 101 Å². The summed E-state index contributed by atoms with van der Waals surface area (Å²) in [5.74, 6) is -2.12. The van der Waals surface area contributed by atoms with E-state index >= 15 is 0 Å². The lowest BCUT2D eigenvalue weighted by Gasteiger charge is -2.42. The Balaban J connectivity index is 2.38. The minimum Gasteiger partial charge on any atom is -0.480 e. The SMILES string of the molecule is CCC(C)(C)N(C(=O)c1ccc(-c2ccccc2)cc1)[C@@H](CCC(N)=O)C(=O)O. The summed E-state index contributed by atoms with van der Waals surface area (Å²) in [5.41, 5.74) is 6.89. The van der Waals surface area contributed by atoms with Gasteiger partial charge in [-0.3, -0.25) is 9.59 Å². The molecule has 0 aliphatic carbocycles. The third-order valence-electron chi connectivity index (χ3n) is 5.24. The molecule has 0 aliphatic heterocycles. The molecule has 0 aromatic heterocycles. The Morgan fingerprint density at radius 1 is 1.00 bits per heavy atom. The maximum absolute atomic E-state index is 13.3. The molecule has 0 saturated heterocycles. The van der Waals surface area contributed by atoms with Gasteiger partial charge in [0.1, 0.15) is 6.04 Å². The van der Waals surface area contributed by atoms with E-state index in [0.29, 0.717) is 12.0 Å². The van der Waals surface area contributed by atoms with Crippen molar-refractivity contribution in [3.05, 3.63) is 60.2 Å². The number of hydrogen-bond acceptors (Lipinski definition) is 3. The second-order valence-electron chi connectivity index (χ2n) is 7.64. The zero-order chi connectivity index (χ0) is 21.6. The molecule has 2 aromatic carbocycles. The zero-order valence-corrected chi connectivity index (χ0v) is 17.1. The van der Waals surface area contributed by atoms with Gasteiger partial charge >= 0.3 is 5.97 Å². The maximum Gasteiger partial charge on any atom is 0.326 e. The van der Waals surface area contributed by atoms with E-state index in [1.54, 1.807) is 12.1 Å². The van der Waals surface area contributed by atoms with Crippen molar-refractivity contribution < 1.29 is 19.5 Å². The lowest BCUT2D eigenvalue weighted by atomic mass is 9.93. The number of hydrogen-bond donors (Lipinski definition) is 2. The molecule has 0 bridgehead atoms. The van der Waals surface area contributed by atoms with Crippen LogP contribution in [0.25, 0.3) is 11.1 Å². The Morgan fingerprint density at radius 3 is 2.03 bits per heavy atom. The van der Waals surface area contributed by atoms with Crippen molar-refractivity contribution in [1.82, 2.24) is 4.90 Å². The molecule has 0 radical (unpaired) electrons. The summed E-state index contributed by atoms with van der Waals surface area (Å²) in [5, 5.41) is 9.76. The van der Waals surface area contributed by atoms with Gasteiger partial charge in [0.2, 0.25) is 5.91 Å². The average molecular weight is 396 g/mol. The average Bonchev–Trinajstić information content (AvgIpc) is 2.70. The van der Waals surface area contributed by atoms with Crippen LogP contribution in [0.15, 0.2) is 54.6 Å². The molecule has 0 fully saturated rings. The number of nitrogens with zero attached hydrogens (tertiary/aromatic N) is 1. The number of nitrogens with two attached hydrogens (primary N) is 1. The number of carbonyl (C=O) groups excluding carboxylic acids is 2. The highest BCUT2D eigenvalue weighted by Crippen LogP contribution is 2.27. The van der Waals surface area contributed by atoms with Gasteiger partial charge in [-0.15, -0.1) is 0 Å². The summed E-state index contributed by atoms with van der Waals surface area (Å²) >= 11 is 0. The Bertz CT molecular complexity index is 860. The van der Waals surface area contributed by atoms with Crippen LogP contribution in [0.1, 0.15) is 50.4 Å². The van der Waals surface area contributed by atoms with Gasteiger partial charge < -0.3 is 15.7 Å². The van der Waals surface area contributed by atoms with Gasteiger partial charge in [-0.1, -0.05) is 49.4 Å². The maximum atomic E-state index is 13.3. The summed E-state index contributed by atoms with van der Waals surface area (Å²) in [6.45, 7) is 5.54. The van der Waals surface area contributed by atoms with Crippen molar-refractivity contribution >= 4 is 17.8 Å². The minimum absolute atomic E-state index is 0.0259. The number of carbonyl (C=O) groups is 3. The van der Waals surface area contributed by atoms with Crippen LogP contribution in [0.5, 0.6) is 0 Å². The quantitative estimate of drug-likeness (QED) is 0.675. The highest BCUT2D eigenvalue weighted by molar-refractivity contribution is 5.97. The van der Waals surface area contributed by atoms with E-state index in [1.165, 1.54) is 4.90 Å². The molecule has 6 heteroatoms. The van der Waals surface area contributed by atoms with Gasteiger partial charge in [-0.2, -0.15) is 0 Å². The van der Waals surface area contributed by atoms with Gasteiger partial charge in [0.25, 0.3) is 5.91 Å². The van der Waals surface area contributed by atoms with Crippen LogP contribution in [0.3, 0.4) is 0 Å². The Kier molecular flexibility index (Phi) is 7.15. The molecule has 3 N–H and O–H groups in total. The second kappa shape index (κ2) is 9.37. The van der Waals surface area contributed by atoms with Crippen LogP contribution in [0, 0.1) is 0 Å². The molecule has 0 aliphatic rings. The first-order valence-corrected chi connectivity index (χ1v) is 9.67. The molecule has 2 rings (SSSR count). The highest BCUT2D eigenvalue weighted by atomic mass is 16.4. The van der Waals surface area contributed by atoms with Crippen molar-refractivity contribution in [2.24, 2.45) is 5.73 Å². The van der Waals surface area contributed by atoms with Gasteiger partial charge in [-0.25, -0.2) is 4.79 Å². The van der Waals surface area contributed by atoms with E-state index in [2.05, 4.69) is 0 Å². The summed E-state index contributed by atoms with van der Waals surface area (Å²) in [7, 11) is 0. The van der Waals surface area contributed by atoms with Gasteiger partial charge in [0, 0.05) is 17.5 Å². The van der Waals surface area contributed by atoms with E-state index in [0.717, 1.165) is 11.1 Å². The fourth-order valence-corrected chi connectivity index (χ4v) is 3.23. The normalized spacial score (nSPS) is 12.2. The minimum atomic E-state index is -1.15. The summed E-state index contributed by atoms with van der Waals surface area (Å²) in [6, 6.07) is 15.7. The molecular formula is C23H28N2O4. The fourth-order valence-electron chi connectivity index (χ4n) is 3.23. The molecule has 0 spiro atoms.